The maximum atomic E-state index is 7.33. The molecule has 0 saturated carbocycles. The van der Waals surface area contributed by atoms with E-state index in [4.69, 9.17) is 211 Å². The molecule has 0 fully saturated rings. The van der Waals surface area contributed by atoms with Gasteiger partial charge in [-0.05, 0) is 0 Å². The molecule has 0 aliphatic rings. The van der Waals surface area contributed by atoms with Gasteiger partial charge < -0.3 is 211 Å². The van der Waals surface area contributed by atoms with Crippen molar-refractivity contribution in [2.75, 3.05) is 0 Å². The molecule has 0 bridgehead atoms. The lowest BCUT2D eigenvalue weighted by Crippen LogP contribution is -2.33. The van der Waals surface area contributed by atoms with Crippen LogP contribution < -0.4 is 0 Å². The summed E-state index contributed by atoms with van der Waals surface area (Å²) in [7, 11) is -50.7. The molecule has 0 heterocycles. The van der Waals surface area contributed by atoms with E-state index in [2.05, 4.69) is 0 Å². The Balaban J connectivity index is -0.0000000430. The molecule has 55 heavy (non-hydrogen) atoms. The molecule has 352 valence electrons. The summed E-state index contributed by atoms with van der Waals surface area (Å²) in [6.45, 7) is 0. The van der Waals surface area contributed by atoms with E-state index >= 15 is 0 Å². The van der Waals surface area contributed by atoms with Crippen LogP contribution in [0.1, 0.15) is 0 Å². The van der Waals surface area contributed by atoms with Crippen molar-refractivity contribution < 1.29 is 211 Å². The molecule has 0 aromatic rings. The Labute approximate surface area is 310 Å². The van der Waals surface area contributed by atoms with Crippen LogP contribution in [0.5, 0.6) is 0 Å². The fourth-order valence-electron chi connectivity index (χ4n) is 0. The van der Waals surface area contributed by atoms with E-state index in [-0.39, 0.29) is 0 Å². The Morgan fingerprint density at radius 1 is 0.0727 bits per heavy atom. The molecule has 0 atom stereocenters. The third-order valence-corrected chi connectivity index (χ3v) is 0. The van der Waals surface area contributed by atoms with E-state index < -0.39 is 99.5 Å². The Morgan fingerprint density at radius 3 is 0.0727 bits per heavy atom. The van der Waals surface area contributed by atoms with Gasteiger partial charge in [0.05, 0.1) is 0 Å². The second-order valence-corrected chi connectivity index (χ2v) is 19.8. The predicted molar refractivity (Wildman–Crippen MR) is 161 cm³/mol. The van der Waals surface area contributed by atoms with Crippen LogP contribution in [0, 0.1) is 0 Å². The molecule has 0 aromatic heterocycles. The normalized spacial score (nSPS) is 12.0. The third-order valence-electron chi connectivity index (χ3n) is 0. The number of rotatable bonds is 0. The van der Waals surface area contributed by atoms with Crippen molar-refractivity contribution in [1.82, 2.24) is 0 Å². The highest BCUT2D eigenvalue weighted by Gasteiger charge is 2.26. The maximum absolute atomic E-state index is 7.33. The van der Waals surface area contributed by atoms with Gasteiger partial charge in [0.15, 0.2) is 0 Å². The van der Waals surface area contributed by atoms with E-state index in [1.807, 2.05) is 0 Å². The monoisotopic (exact) mass is 1060 g/mol. The van der Waals surface area contributed by atoms with Crippen molar-refractivity contribution in [1.29, 1.82) is 0 Å². The summed E-state index contributed by atoms with van der Waals surface area (Å²) in [6, 6.07) is 0. The largest absolute Gasteiger partial charge is 0.668 e. The standard InChI is InChI=1S/11H4O4Si/c11*1-5(2,3)4/h11*1-4H. The highest BCUT2D eigenvalue weighted by molar-refractivity contribution is 6.49. The first-order valence-electron chi connectivity index (χ1n) is 9.84. The second kappa shape index (κ2) is 35.4. The van der Waals surface area contributed by atoms with Crippen LogP contribution in [0.2, 0.25) is 0 Å². The molecule has 0 amide bonds. The summed E-state index contributed by atoms with van der Waals surface area (Å²) in [6.07, 6.45) is 0. The molecule has 0 rings (SSSR count). The van der Waals surface area contributed by atoms with Gasteiger partial charge in [-0.25, -0.2) is 0 Å². The van der Waals surface area contributed by atoms with Gasteiger partial charge in [-0.2, -0.15) is 0 Å². The van der Waals surface area contributed by atoms with Crippen LogP contribution in [0.25, 0.3) is 0 Å². The Morgan fingerprint density at radius 2 is 0.0727 bits per heavy atom. The molecule has 0 unspecified atom stereocenters. The van der Waals surface area contributed by atoms with Crippen LogP contribution in [-0.2, 0) is 0 Å². The van der Waals surface area contributed by atoms with Crippen molar-refractivity contribution in [3.63, 3.8) is 0 Å². The molecule has 0 aliphatic carbocycles. The van der Waals surface area contributed by atoms with Crippen molar-refractivity contribution in [2.45, 2.75) is 0 Å². The number of hydrogen-bond acceptors (Lipinski definition) is 44. The first-order chi connectivity index (χ1) is 22.0. The van der Waals surface area contributed by atoms with Gasteiger partial charge in [0, 0.05) is 0 Å². The van der Waals surface area contributed by atoms with Crippen LogP contribution >= 0.6 is 0 Å². The summed E-state index contributed by atoms with van der Waals surface area (Å²) in [4.78, 5) is 322. The maximum Gasteiger partial charge on any atom is 0.668 e. The Kier molecular flexibility index (Phi) is 53.6. The van der Waals surface area contributed by atoms with Gasteiger partial charge in [-0.3, -0.25) is 0 Å². The average molecular weight is 1060 g/mol. The molecule has 0 radical (unpaired) electrons. The second-order valence-electron chi connectivity index (χ2n) is 6.60. The zero-order chi connectivity index (χ0) is 49.5. The lowest BCUT2D eigenvalue weighted by Gasteiger charge is -1.91. The summed E-state index contributed by atoms with van der Waals surface area (Å²) >= 11 is 0. The van der Waals surface area contributed by atoms with Gasteiger partial charge in [-0.15, -0.1) is 0 Å². The molecule has 55 heteroatoms. The zero-order valence-corrected chi connectivity index (χ0v) is 36.2. The first-order valence-corrected chi connectivity index (χ1v) is 29.5. The Bertz CT molecular complexity index is 439. The Hall–Kier alpha value is 0.626. The van der Waals surface area contributed by atoms with E-state index in [1.54, 1.807) is 0 Å². The summed E-state index contributed by atoms with van der Waals surface area (Å²) in [5.41, 5.74) is 0. The van der Waals surface area contributed by atoms with Gasteiger partial charge in [-0.1, -0.05) is 0 Å². The van der Waals surface area contributed by atoms with Crippen LogP contribution in [0.15, 0.2) is 0 Å². The fraction of sp³-hybridized carbons (Fsp3) is 0. The highest BCUT2D eigenvalue weighted by atomic mass is 28.4. The average Bonchev–Trinajstić information content (AvgIpc) is 2.41. The quantitative estimate of drug-likeness (QED) is 0.100. The fourth-order valence-corrected chi connectivity index (χ4v) is 0. The van der Waals surface area contributed by atoms with Gasteiger partial charge in [0.2, 0.25) is 0 Å². The molecule has 0 saturated heterocycles. The summed E-state index contributed by atoms with van der Waals surface area (Å²) in [5.74, 6) is 0. The first kappa shape index (κ1) is 83.3. The summed E-state index contributed by atoms with van der Waals surface area (Å²) in [5, 5.41) is 0. The topological polar surface area (TPSA) is 890 Å². The minimum Gasteiger partial charge on any atom is -0.368 e. The van der Waals surface area contributed by atoms with Crippen molar-refractivity contribution in [3.8, 4) is 0 Å². The van der Waals surface area contributed by atoms with Crippen molar-refractivity contribution in [2.24, 2.45) is 0 Å². The molecule has 0 aliphatic heterocycles. The molecule has 0 aromatic carbocycles. The molecular formula is H44O44Si11. The van der Waals surface area contributed by atoms with Gasteiger partial charge >= 0.3 is 99.5 Å². The molecule has 0 spiro atoms. The lowest BCUT2D eigenvalue weighted by molar-refractivity contribution is 0.115. The number of hydrogen-bond donors (Lipinski definition) is 44. The smallest absolute Gasteiger partial charge is 0.368 e. The van der Waals surface area contributed by atoms with Crippen molar-refractivity contribution >= 4 is 99.5 Å². The van der Waals surface area contributed by atoms with Crippen LogP contribution in [-0.4, -0.2) is 311 Å². The third kappa shape index (κ3) is 386000. The van der Waals surface area contributed by atoms with E-state index in [0.29, 0.717) is 0 Å². The van der Waals surface area contributed by atoms with Gasteiger partial charge in [0.25, 0.3) is 0 Å². The SMILES string of the molecule is O[Si](O)(O)O.O[Si](O)(O)O.O[Si](O)(O)O.O[Si](O)(O)O.O[Si](O)(O)O.O[Si](O)(O)O.O[Si](O)(O)O.O[Si](O)(O)O.O[Si](O)(O)O.O[Si](O)(O)O.O[Si](O)(O)O. The van der Waals surface area contributed by atoms with Crippen molar-refractivity contribution in [3.05, 3.63) is 0 Å². The van der Waals surface area contributed by atoms with Crippen LogP contribution in [0.3, 0.4) is 0 Å². The summed E-state index contributed by atoms with van der Waals surface area (Å²) < 4.78 is 0. The highest BCUT2D eigenvalue weighted by Crippen LogP contribution is 1.71. The van der Waals surface area contributed by atoms with Gasteiger partial charge in [0.1, 0.15) is 0 Å². The minimum absolute atomic E-state index is 4.61. The van der Waals surface area contributed by atoms with E-state index in [1.165, 1.54) is 0 Å². The molecule has 44 N–H and O–H groups in total. The van der Waals surface area contributed by atoms with E-state index in [0.717, 1.165) is 0 Å². The van der Waals surface area contributed by atoms with E-state index in [9.17, 15) is 0 Å². The lowest BCUT2D eigenvalue weighted by atomic mass is 15.7. The van der Waals surface area contributed by atoms with Crippen LogP contribution in [0.4, 0.5) is 0 Å². The molecule has 44 nitrogen and oxygen atoms in total. The zero-order valence-electron chi connectivity index (χ0n) is 25.2. The minimum atomic E-state index is -4.61. The predicted octanol–water partition coefficient (Wildman–Crippen LogP) is -28.7. The molecular weight excluding hydrogens is 1010 g/mol.